The summed E-state index contributed by atoms with van der Waals surface area (Å²) in [6.07, 6.45) is 67.1. The number of hydrogen-bond acceptors (Lipinski definition) is 6. The average Bonchev–Trinajstić information content (AvgIpc) is 3.33. The fourth-order valence-corrected chi connectivity index (χ4v) is 8.59. The van der Waals surface area contributed by atoms with Crippen LogP contribution in [-0.4, -0.2) is 37.2 Å². The van der Waals surface area contributed by atoms with Gasteiger partial charge >= 0.3 is 17.9 Å². The van der Waals surface area contributed by atoms with Crippen LogP contribution in [0.3, 0.4) is 0 Å². The van der Waals surface area contributed by atoms with Gasteiger partial charge in [-0.3, -0.25) is 14.4 Å². The molecule has 67 heavy (non-hydrogen) atoms. The molecule has 0 bridgehead atoms. The van der Waals surface area contributed by atoms with E-state index in [1.54, 1.807) is 0 Å². The van der Waals surface area contributed by atoms with Gasteiger partial charge in [-0.1, -0.05) is 243 Å². The molecule has 1 atom stereocenters. The lowest BCUT2D eigenvalue weighted by molar-refractivity contribution is -0.167. The molecule has 0 aromatic carbocycles. The Morgan fingerprint density at radius 2 is 0.507 bits per heavy atom. The van der Waals surface area contributed by atoms with E-state index in [-0.39, 0.29) is 31.1 Å². The molecule has 0 aromatic heterocycles. The summed E-state index contributed by atoms with van der Waals surface area (Å²) in [6, 6.07) is 0. The lowest BCUT2D eigenvalue weighted by Crippen LogP contribution is -2.30. The highest BCUT2D eigenvalue weighted by molar-refractivity contribution is 5.71. The van der Waals surface area contributed by atoms with Crippen molar-refractivity contribution < 1.29 is 28.6 Å². The number of hydrogen-bond donors (Lipinski definition) is 0. The number of allylic oxidation sites excluding steroid dienone is 6. The second-order valence-electron chi connectivity index (χ2n) is 19.9. The molecule has 6 heteroatoms. The summed E-state index contributed by atoms with van der Waals surface area (Å²) in [5, 5.41) is 0. The van der Waals surface area contributed by atoms with Gasteiger partial charge in [-0.2, -0.15) is 0 Å². The van der Waals surface area contributed by atoms with Crippen molar-refractivity contribution in [3.8, 4) is 0 Å². The first kappa shape index (κ1) is 64.6. The van der Waals surface area contributed by atoms with Gasteiger partial charge in [-0.15, -0.1) is 0 Å². The molecule has 0 aliphatic carbocycles. The van der Waals surface area contributed by atoms with Crippen LogP contribution in [0.4, 0.5) is 0 Å². The molecule has 0 saturated carbocycles. The lowest BCUT2D eigenvalue weighted by Gasteiger charge is -2.18. The molecule has 0 radical (unpaired) electrons. The van der Waals surface area contributed by atoms with Crippen molar-refractivity contribution in [2.24, 2.45) is 0 Å². The Labute approximate surface area is 416 Å². The SMILES string of the molecule is CCCC/C=C\CCCCCCCC(=O)OCC(COC(=O)CCCCCCCCCCC/C=C\CCCCCCCCCC)OC(=O)CCCCCCCCC/C=C\CCCCCCCC. The van der Waals surface area contributed by atoms with Gasteiger partial charge in [-0.25, -0.2) is 0 Å². The Kier molecular flexibility index (Phi) is 54.2. The zero-order valence-corrected chi connectivity index (χ0v) is 44.9. The van der Waals surface area contributed by atoms with E-state index in [4.69, 9.17) is 14.2 Å². The third-order valence-corrected chi connectivity index (χ3v) is 13.1. The van der Waals surface area contributed by atoms with E-state index in [1.165, 1.54) is 212 Å². The van der Waals surface area contributed by atoms with Crippen LogP contribution in [0.1, 0.15) is 316 Å². The van der Waals surface area contributed by atoms with Crippen molar-refractivity contribution in [1.29, 1.82) is 0 Å². The minimum absolute atomic E-state index is 0.0754. The maximum absolute atomic E-state index is 12.8. The number of esters is 3. The van der Waals surface area contributed by atoms with E-state index < -0.39 is 6.10 Å². The molecule has 0 spiro atoms. The van der Waals surface area contributed by atoms with Gasteiger partial charge in [-0.05, 0) is 89.9 Å². The fraction of sp³-hybridized carbons (Fsp3) is 0.852. The van der Waals surface area contributed by atoms with Crippen LogP contribution in [-0.2, 0) is 28.6 Å². The van der Waals surface area contributed by atoms with E-state index in [2.05, 4.69) is 57.2 Å². The molecule has 0 rings (SSSR count). The molecular weight excluding hydrogens is 829 g/mol. The predicted octanol–water partition coefficient (Wildman–Crippen LogP) is 19.7. The number of ether oxygens (including phenoxy) is 3. The fourth-order valence-electron chi connectivity index (χ4n) is 8.59. The molecule has 6 nitrogen and oxygen atoms in total. The predicted molar refractivity (Wildman–Crippen MR) is 289 cm³/mol. The normalized spacial score (nSPS) is 12.2. The lowest BCUT2D eigenvalue weighted by atomic mass is 10.1. The van der Waals surface area contributed by atoms with E-state index in [1.807, 2.05) is 0 Å². The van der Waals surface area contributed by atoms with Gasteiger partial charge < -0.3 is 14.2 Å². The van der Waals surface area contributed by atoms with Gasteiger partial charge in [0.05, 0.1) is 0 Å². The molecule has 0 aromatic rings. The highest BCUT2D eigenvalue weighted by atomic mass is 16.6. The number of unbranched alkanes of at least 4 members (excludes halogenated alkanes) is 37. The first-order chi connectivity index (χ1) is 33.0. The standard InChI is InChI=1S/C61H112O6/c1-4-7-10-13-16-19-22-24-26-28-29-30-31-33-34-36-39-42-45-48-51-54-60(63)66-57-58(56-65-59(62)53-50-47-44-41-38-21-18-15-12-9-6-3)67-61(64)55-52-49-46-43-40-37-35-32-27-25-23-20-17-14-11-8-5-2/h15,18,25,27-29,58H,4-14,16-17,19-24,26,30-57H2,1-3H3/b18-15-,27-25-,29-28-. The van der Waals surface area contributed by atoms with Crippen LogP contribution < -0.4 is 0 Å². The zero-order valence-electron chi connectivity index (χ0n) is 44.9. The van der Waals surface area contributed by atoms with Crippen LogP contribution in [0.25, 0.3) is 0 Å². The Hall–Kier alpha value is -2.37. The monoisotopic (exact) mass is 941 g/mol. The van der Waals surface area contributed by atoms with Crippen molar-refractivity contribution in [3.05, 3.63) is 36.5 Å². The average molecular weight is 942 g/mol. The third kappa shape index (κ3) is 54.4. The second-order valence-corrected chi connectivity index (χ2v) is 19.9. The smallest absolute Gasteiger partial charge is 0.306 e. The van der Waals surface area contributed by atoms with Gasteiger partial charge in [0.1, 0.15) is 13.2 Å². The summed E-state index contributed by atoms with van der Waals surface area (Å²) >= 11 is 0. The summed E-state index contributed by atoms with van der Waals surface area (Å²) in [5.74, 6) is -0.877. The summed E-state index contributed by atoms with van der Waals surface area (Å²) in [7, 11) is 0. The van der Waals surface area contributed by atoms with Crippen LogP contribution >= 0.6 is 0 Å². The van der Waals surface area contributed by atoms with Gasteiger partial charge in [0, 0.05) is 19.3 Å². The summed E-state index contributed by atoms with van der Waals surface area (Å²) < 4.78 is 16.9. The van der Waals surface area contributed by atoms with Gasteiger partial charge in [0.25, 0.3) is 0 Å². The molecule has 0 heterocycles. The minimum Gasteiger partial charge on any atom is -0.462 e. The number of carbonyl (C=O) groups excluding carboxylic acids is 3. The van der Waals surface area contributed by atoms with Crippen LogP contribution in [0.2, 0.25) is 0 Å². The molecule has 0 N–H and O–H groups in total. The highest BCUT2D eigenvalue weighted by Crippen LogP contribution is 2.16. The Morgan fingerprint density at radius 1 is 0.284 bits per heavy atom. The molecule has 0 amide bonds. The van der Waals surface area contributed by atoms with Crippen LogP contribution in [0.5, 0.6) is 0 Å². The molecule has 0 aliphatic heterocycles. The Balaban J connectivity index is 4.28. The number of rotatable bonds is 54. The third-order valence-electron chi connectivity index (χ3n) is 13.1. The first-order valence-electron chi connectivity index (χ1n) is 29.5. The zero-order chi connectivity index (χ0) is 48.6. The maximum Gasteiger partial charge on any atom is 0.306 e. The van der Waals surface area contributed by atoms with Crippen molar-refractivity contribution in [2.75, 3.05) is 13.2 Å². The van der Waals surface area contributed by atoms with Gasteiger partial charge in [0.2, 0.25) is 0 Å². The van der Waals surface area contributed by atoms with Crippen molar-refractivity contribution >= 4 is 17.9 Å². The molecular formula is C61H112O6. The first-order valence-corrected chi connectivity index (χ1v) is 29.5. The Morgan fingerprint density at radius 3 is 0.791 bits per heavy atom. The van der Waals surface area contributed by atoms with E-state index in [0.717, 1.165) is 64.2 Å². The van der Waals surface area contributed by atoms with Crippen LogP contribution in [0, 0.1) is 0 Å². The second kappa shape index (κ2) is 56.2. The van der Waals surface area contributed by atoms with Crippen molar-refractivity contribution in [1.82, 2.24) is 0 Å². The maximum atomic E-state index is 12.8. The van der Waals surface area contributed by atoms with E-state index >= 15 is 0 Å². The van der Waals surface area contributed by atoms with E-state index in [9.17, 15) is 14.4 Å². The Bertz CT molecular complexity index is 1130. The summed E-state index contributed by atoms with van der Waals surface area (Å²) in [5.41, 5.74) is 0. The largest absolute Gasteiger partial charge is 0.462 e. The summed E-state index contributed by atoms with van der Waals surface area (Å²) in [6.45, 7) is 6.62. The topological polar surface area (TPSA) is 78.9 Å². The minimum atomic E-state index is -0.777. The van der Waals surface area contributed by atoms with Gasteiger partial charge in [0.15, 0.2) is 6.10 Å². The number of carbonyl (C=O) groups is 3. The quantitative estimate of drug-likeness (QED) is 0.0262. The molecule has 392 valence electrons. The molecule has 0 saturated heterocycles. The van der Waals surface area contributed by atoms with Crippen molar-refractivity contribution in [2.45, 2.75) is 322 Å². The molecule has 0 fully saturated rings. The molecule has 0 aliphatic rings. The molecule has 1 unspecified atom stereocenters. The van der Waals surface area contributed by atoms with Crippen LogP contribution in [0.15, 0.2) is 36.5 Å². The van der Waals surface area contributed by atoms with Crippen molar-refractivity contribution in [3.63, 3.8) is 0 Å². The van der Waals surface area contributed by atoms with E-state index in [0.29, 0.717) is 19.3 Å². The highest BCUT2D eigenvalue weighted by Gasteiger charge is 2.19. The summed E-state index contributed by atoms with van der Waals surface area (Å²) in [4.78, 5) is 38.1.